The van der Waals surface area contributed by atoms with E-state index in [9.17, 15) is 9.00 Å². The Labute approximate surface area is 89.4 Å². The number of aryl methyl sites for hydroxylation is 1. The van der Waals surface area contributed by atoms with E-state index in [2.05, 4.69) is 5.32 Å². The van der Waals surface area contributed by atoms with Crippen molar-refractivity contribution in [3.63, 3.8) is 0 Å². The summed E-state index contributed by atoms with van der Waals surface area (Å²) in [6.07, 6.45) is 0. The SMILES string of the molecule is Cc1ccc(NCS(=O)O)c(C(=O)O)c1. The van der Waals surface area contributed by atoms with Crippen molar-refractivity contribution in [2.45, 2.75) is 6.92 Å². The maximum absolute atomic E-state index is 10.8. The predicted octanol–water partition coefficient (Wildman–Crippen LogP) is 1.28. The lowest BCUT2D eigenvalue weighted by molar-refractivity contribution is 0.0698. The van der Waals surface area contributed by atoms with E-state index < -0.39 is 17.0 Å². The molecule has 0 aliphatic carbocycles. The molecule has 0 aromatic heterocycles. The molecule has 0 bridgehead atoms. The molecule has 82 valence electrons. The van der Waals surface area contributed by atoms with Gasteiger partial charge in [-0.1, -0.05) is 11.6 Å². The van der Waals surface area contributed by atoms with Crippen LogP contribution in [0.25, 0.3) is 0 Å². The molecule has 3 N–H and O–H groups in total. The maximum Gasteiger partial charge on any atom is 0.337 e. The summed E-state index contributed by atoms with van der Waals surface area (Å²) in [5, 5.41) is 11.5. The van der Waals surface area contributed by atoms with Crippen LogP contribution in [0.15, 0.2) is 18.2 Å². The van der Waals surface area contributed by atoms with Crippen LogP contribution in [-0.2, 0) is 11.1 Å². The van der Waals surface area contributed by atoms with Crippen LogP contribution in [-0.4, -0.2) is 25.7 Å². The van der Waals surface area contributed by atoms with Gasteiger partial charge < -0.3 is 15.0 Å². The van der Waals surface area contributed by atoms with Crippen molar-refractivity contribution in [2.75, 3.05) is 11.2 Å². The minimum absolute atomic E-state index is 0.0976. The van der Waals surface area contributed by atoms with Gasteiger partial charge in [0, 0.05) is 5.69 Å². The standard InChI is InChI=1S/C9H11NO4S/c1-6-2-3-8(10-5-15(13)14)7(4-6)9(11)12/h2-4,10H,5H2,1H3,(H,11,12)(H,13,14). The van der Waals surface area contributed by atoms with Crippen molar-refractivity contribution in [2.24, 2.45) is 0 Å². The highest BCUT2D eigenvalue weighted by atomic mass is 32.2. The number of carboxylic acid groups (broad SMARTS) is 1. The first kappa shape index (κ1) is 11.7. The van der Waals surface area contributed by atoms with Gasteiger partial charge in [-0.05, 0) is 19.1 Å². The Balaban J connectivity index is 2.95. The number of carboxylic acids is 1. The van der Waals surface area contributed by atoms with Gasteiger partial charge in [-0.3, -0.25) is 0 Å². The molecule has 0 aliphatic heterocycles. The highest BCUT2D eigenvalue weighted by molar-refractivity contribution is 7.79. The topological polar surface area (TPSA) is 86.6 Å². The van der Waals surface area contributed by atoms with E-state index >= 15 is 0 Å². The minimum Gasteiger partial charge on any atom is -0.478 e. The van der Waals surface area contributed by atoms with Crippen LogP contribution >= 0.6 is 0 Å². The molecule has 0 amide bonds. The Morgan fingerprint density at radius 3 is 2.73 bits per heavy atom. The molecule has 1 aromatic carbocycles. The van der Waals surface area contributed by atoms with Gasteiger partial charge in [0.15, 0.2) is 11.1 Å². The van der Waals surface area contributed by atoms with E-state index in [4.69, 9.17) is 9.66 Å². The number of hydrogen-bond acceptors (Lipinski definition) is 3. The molecule has 1 aromatic rings. The Hall–Kier alpha value is -1.40. The summed E-state index contributed by atoms with van der Waals surface area (Å²) in [6, 6.07) is 4.81. The molecule has 5 nitrogen and oxygen atoms in total. The summed E-state index contributed by atoms with van der Waals surface area (Å²) in [6.45, 7) is 1.78. The monoisotopic (exact) mass is 229 g/mol. The molecule has 0 saturated heterocycles. The molecule has 15 heavy (non-hydrogen) atoms. The lowest BCUT2D eigenvalue weighted by atomic mass is 10.1. The molecule has 0 radical (unpaired) electrons. The van der Waals surface area contributed by atoms with Crippen LogP contribution in [0.2, 0.25) is 0 Å². The molecule has 1 unspecified atom stereocenters. The summed E-state index contributed by atoms with van der Waals surface area (Å²) >= 11 is -2.00. The van der Waals surface area contributed by atoms with Gasteiger partial charge in [0.05, 0.1) is 5.56 Å². The van der Waals surface area contributed by atoms with Gasteiger partial charge in [-0.25, -0.2) is 9.00 Å². The summed E-state index contributed by atoms with van der Waals surface area (Å²) in [7, 11) is 0. The molecule has 0 aliphatic rings. The third-order valence-electron chi connectivity index (χ3n) is 1.79. The van der Waals surface area contributed by atoms with E-state index in [1.807, 2.05) is 0 Å². The first-order chi connectivity index (χ1) is 7.00. The Kier molecular flexibility index (Phi) is 3.81. The fraction of sp³-hybridized carbons (Fsp3) is 0.222. The quantitative estimate of drug-likeness (QED) is 0.677. The van der Waals surface area contributed by atoms with Crippen LogP contribution < -0.4 is 5.32 Å². The first-order valence-corrected chi connectivity index (χ1v) is 5.43. The largest absolute Gasteiger partial charge is 0.478 e. The van der Waals surface area contributed by atoms with Gasteiger partial charge >= 0.3 is 5.97 Å². The number of aromatic carboxylic acids is 1. The van der Waals surface area contributed by atoms with Crippen LogP contribution in [0.4, 0.5) is 5.69 Å². The third-order valence-corrected chi connectivity index (χ3v) is 2.18. The maximum atomic E-state index is 10.8. The van der Waals surface area contributed by atoms with Crippen molar-refractivity contribution in [1.29, 1.82) is 0 Å². The zero-order valence-electron chi connectivity index (χ0n) is 8.06. The summed E-state index contributed by atoms with van der Waals surface area (Å²) in [5.74, 6) is -1.26. The number of rotatable bonds is 4. The summed E-state index contributed by atoms with van der Waals surface area (Å²) in [5.41, 5.74) is 1.26. The van der Waals surface area contributed by atoms with Crippen molar-refractivity contribution >= 4 is 22.7 Å². The smallest absolute Gasteiger partial charge is 0.337 e. The molecular formula is C9H11NO4S. The third kappa shape index (κ3) is 3.34. The molecule has 0 saturated carbocycles. The van der Waals surface area contributed by atoms with Crippen molar-refractivity contribution < 1.29 is 18.7 Å². The lowest BCUT2D eigenvalue weighted by Crippen LogP contribution is -2.11. The second-order valence-electron chi connectivity index (χ2n) is 3.00. The van der Waals surface area contributed by atoms with E-state index in [0.29, 0.717) is 5.69 Å². The number of anilines is 1. The lowest BCUT2D eigenvalue weighted by Gasteiger charge is -2.08. The summed E-state index contributed by atoms with van der Waals surface area (Å²) < 4.78 is 19.0. The Morgan fingerprint density at radius 1 is 1.53 bits per heavy atom. The molecule has 1 atom stereocenters. The predicted molar refractivity (Wildman–Crippen MR) is 57.4 cm³/mol. The van der Waals surface area contributed by atoms with Gasteiger partial charge in [0.1, 0.15) is 5.88 Å². The molecule has 0 spiro atoms. The van der Waals surface area contributed by atoms with Crippen LogP contribution in [0, 0.1) is 6.92 Å². The highest BCUT2D eigenvalue weighted by Gasteiger charge is 2.09. The Morgan fingerprint density at radius 2 is 2.20 bits per heavy atom. The highest BCUT2D eigenvalue weighted by Crippen LogP contribution is 2.17. The Bertz CT molecular complexity index is 405. The molecule has 6 heteroatoms. The van der Waals surface area contributed by atoms with Crippen LogP contribution in [0.3, 0.4) is 0 Å². The van der Waals surface area contributed by atoms with Gasteiger partial charge in [-0.2, -0.15) is 0 Å². The second-order valence-corrected chi connectivity index (χ2v) is 3.93. The zero-order chi connectivity index (χ0) is 11.4. The normalized spacial score (nSPS) is 12.1. The van der Waals surface area contributed by atoms with Gasteiger partial charge in [0.25, 0.3) is 0 Å². The average molecular weight is 229 g/mol. The number of benzene rings is 1. The van der Waals surface area contributed by atoms with Crippen molar-refractivity contribution in [3.8, 4) is 0 Å². The van der Waals surface area contributed by atoms with Crippen molar-refractivity contribution in [3.05, 3.63) is 29.3 Å². The van der Waals surface area contributed by atoms with E-state index in [1.54, 1.807) is 19.1 Å². The van der Waals surface area contributed by atoms with E-state index in [-0.39, 0.29) is 11.4 Å². The average Bonchev–Trinajstić information content (AvgIpc) is 2.15. The fourth-order valence-electron chi connectivity index (χ4n) is 1.13. The molecule has 0 heterocycles. The van der Waals surface area contributed by atoms with E-state index in [1.165, 1.54) is 6.07 Å². The van der Waals surface area contributed by atoms with Gasteiger partial charge in [0.2, 0.25) is 0 Å². The fourth-order valence-corrected chi connectivity index (χ4v) is 1.41. The van der Waals surface area contributed by atoms with Crippen LogP contribution in [0.1, 0.15) is 15.9 Å². The van der Waals surface area contributed by atoms with E-state index in [0.717, 1.165) is 5.56 Å². The van der Waals surface area contributed by atoms with Crippen molar-refractivity contribution in [1.82, 2.24) is 0 Å². The number of carbonyl (C=O) groups is 1. The molecular weight excluding hydrogens is 218 g/mol. The minimum atomic E-state index is -2.00. The summed E-state index contributed by atoms with van der Waals surface area (Å²) in [4.78, 5) is 10.8. The molecule has 0 fully saturated rings. The zero-order valence-corrected chi connectivity index (χ0v) is 8.87. The van der Waals surface area contributed by atoms with Crippen LogP contribution in [0.5, 0.6) is 0 Å². The molecule has 1 rings (SSSR count). The number of hydrogen-bond donors (Lipinski definition) is 3. The first-order valence-electron chi connectivity index (χ1n) is 4.16. The number of nitrogens with one attached hydrogen (secondary N) is 1. The second kappa shape index (κ2) is 4.90. The van der Waals surface area contributed by atoms with Gasteiger partial charge in [-0.15, -0.1) is 0 Å².